The molecule has 5 aromatic rings. The zero-order chi connectivity index (χ0) is 35.1. The molecule has 2 aromatic carbocycles. The van der Waals surface area contributed by atoms with Crippen molar-refractivity contribution in [3.05, 3.63) is 101 Å². The molecule has 3 aromatic heterocycles. The van der Waals surface area contributed by atoms with Crippen LogP contribution in [0.3, 0.4) is 0 Å². The monoisotopic (exact) mass is 690 g/mol. The second kappa shape index (κ2) is 13.1. The minimum Gasteiger partial charge on any atom is -0.487 e. The van der Waals surface area contributed by atoms with Crippen molar-refractivity contribution in [2.24, 2.45) is 5.41 Å². The Hall–Kier alpha value is -4.42. The third-order valence-electron chi connectivity index (χ3n) is 8.79. The van der Waals surface area contributed by atoms with Gasteiger partial charge in [0.25, 0.3) is 0 Å². The second-order valence-electron chi connectivity index (χ2n) is 13.5. The van der Waals surface area contributed by atoms with Crippen LogP contribution in [-0.2, 0) is 24.1 Å². The number of thioether (sulfide) groups is 1. The molecule has 49 heavy (non-hydrogen) atoms. The fourth-order valence-corrected chi connectivity index (χ4v) is 7.25. The van der Waals surface area contributed by atoms with E-state index in [-0.39, 0.29) is 11.4 Å². The maximum Gasteiger partial charge on any atom is 0.417 e. The predicted molar refractivity (Wildman–Crippen MR) is 181 cm³/mol. The van der Waals surface area contributed by atoms with Crippen molar-refractivity contribution in [3.63, 3.8) is 0 Å². The Morgan fingerprint density at radius 3 is 2.29 bits per heavy atom. The van der Waals surface area contributed by atoms with Crippen molar-refractivity contribution >= 4 is 28.6 Å². The van der Waals surface area contributed by atoms with Gasteiger partial charge in [-0.05, 0) is 55.7 Å². The highest BCUT2D eigenvalue weighted by Gasteiger charge is 2.52. The standard InChI is InChI=1S/C37H37F3N4O4S/c1-22-17-42-26(19-41-22)21-48-27-11-13-30-28(16-27)32(49-35(2,3)4)31(33(45)36(34(46)47)14-5-15-36)44(30)20-23-6-8-24(9-7-23)29-12-10-25(18-43-29)37(38,39)40/h6-13,16-19,33,45H,5,14-15,20-21H2,1-4H3,(H,46,47). The highest BCUT2D eigenvalue weighted by atomic mass is 32.2. The van der Waals surface area contributed by atoms with E-state index in [0.29, 0.717) is 54.2 Å². The number of aromatic nitrogens is 4. The van der Waals surface area contributed by atoms with E-state index in [9.17, 15) is 28.2 Å². The van der Waals surface area contributed by atoms with Crippen LogP contribution in [0.25, 0.3) is 22.2 Å². The van der Waals surface area contributed by atoms with Gasteiger partial charge in [0.05, 0.1) is 45.5 Å². The number of fused-ring (bicyclic) bond motifs is 1. The Kier molecular flexibility index (Phi) is 9.23. The number of alkyl halides is 3. The van der Waals surface area contributed by atoms with Gasteiger partial charge in [-0.25, -0.2) is 0 Å². The Bertz CT molecular complexity index is 1970. The van der Waals surface area contributed by atoms with Crippen LogP contribution in [0.1, 0.15) is 74.3 Å². The Morgan fingerprint density at radius 2 is 1.73 bits per heavy atom. The van der Waals surface area contributed by atoms with Gasteiger partial charge >= 0.3 is 12.1 Å². The average Bonchev–Trinajstić information content (AvgIpc) is 3.30. The number of carbonyl (C=O) groups is 1. The lowest BCUT2D eigenvalue weighted by Crippen LogP contribution is -2.44. The molecule has 0 amide bonds. The van der Waals surface area contributed by atoms with E-state index in [1.165, 1.54) is 6.07 Å². The Balaban J connectivity index is 1.42. The molecule has 8 nitrogen and oxygen atoms in total. The van der Waals surface area contributed by atoms with Crippen molar-refractivity contribution in [2.45, 2.75) is 82.0 Å². The lowest BCUT2D eigenvalue weighted by Gasteiger charge is -2.42. The summed E-state index contributed by atoms with van der Waals surface area (Å²) in [6, 6.07) is 15.4. The molecule has 0 saturated heterocycles. The van der Waals surface area contributed by atoms with Crippen LogP contribution in [0.2, 0.25) is 0 Å². The fourth-order valence-electron chi connectivity index (χ4n) is 6.04. The summed E-state index contributed by atoms with van der Waals surface area (Å²) >= 11 is 1.57. The summed E-state index contributed by atoms with van der Waals surface area (Å²) < 4.78 is 47.0. The summed E-state index contributed by atoms with van der Waals surface area (Å²) in [6.45, 7) is 8.58. The fraction of sp³-hybridized carbons (Fsp3) is 0.351. The maximum atomic E-state index is 13.1. The number of benzene rings is 2. The molecule has 1 aliphatic carbocycles. The molecule has 1 aliphatic rings. The number of carboxylic acid groups (broad SMARTS) is 1. The number of rotatable bonds is 10. The number of hydrogen-bond acceptors (Lipinski definition) is 7. The largest absolute Gasteiger partial charge is 0.487 e. The number of ether oxygens (including phenoxy) is 1. The minimum atomic E-state index is -4.47. The highest BCUT2D eigenvalue weighted by molar-refractivity contribution is 8.00. The second-order valence-corrected chi connectivity index (χ2v) is 15.3. The van der Waals surface area contributed by atoms with Gasteiger partial charge < -0.3 is 19.5 Å². The third kappa shape index (κ3) is 7.16. The van der Waals surface area contributed by atoms with Crippen molar-refractivity contribution in [1.29, 1.82) is 0 Å². The molecule has 12 heteroatoms. The molecule has 0 radical (unpaired) electrons. The van der Waals surface area contributed by atoms with E-state index in [4.69, 9.17) is 4.74 Å². The maximum absolute atomic E-state index is 13.1. The lowest BCUT2D eigenvalue weighted by molar-refractivity contribution is -0.166. The van der Waals surface area contributed by atoms with Crippen LogP contribution in [0.5, 0.6) is 5.75 Å². The van der Waals surface area contributed by atoms with E-state index < -0.39 is 29.2 Å². The number of nitrogens with zero attached hydrogens (tertiary/aromatic N) is 4. The van der Waals surface area contributed by atoms with E-state index >= 15 is 0 Å². The molecule has 1 unspecified atom stereocenters. The molecule has 0 bridgehead atoms. The SMILES string of the molecule is Cc1cnc(COc2ccc3c(c2)c(SC(C)(C)C)c(C(O)C2(C(=O)O)CCC2)n3Cc2ccc(-c3ccc(C(F)(F)F)cn3)cc2)cn1. The normalized spacial score (nSPS) is 15.2. The number of aliphatic hydroxyl groups is 1. The number of hydrogen-bond donors (Lipinski definition) is 2. The number of pyridine rings is 1. The van der Waals surface area contributed by atoms with E-state index in [1.807, 2.05) is 41.8 Å². The van der Waals surface area contributed by atoms with E-state index in [2.05, 4.69) is 35.7 Å². The van der Waals surface area contributed by atoms with E-state index in [0.717, 1.165) is 39.3 Å². The number of halogens is 3. The predicted octanol–water partition coefficient (Wildman–Crippen LogP) is 8.63. The molecule has 2 N–H and O–H groups in total. The molecule has 1 fully saturated rings. The van der Waals surface area contributed by atoms with Gasteiger partial charge in [-0.1, -0.05) is 51.5 Å². The smallest absolute Gasteiger partial charge is 0.417 e. The first-order chi connectivity index (χ1) is 23.1. The topological polar surface area (TPSA) is 110 Å². The van der Waals surface area contributed by atoms with Gasteiger partial charge in [0.1, 0.15) is 18.5 Å². The number of aliphatic carboxylic acids is 1. The first kappa shape index (κ1) is 34.4. The minimum absolute atomic E-state index is 0.207. The molecule has 256 valence electrons. The molecule has 6 rings (SSSR count). The molecule has 0 spiro atoms. The van der Waals surface area contributed by atoms with Gasteiger partial charge in [0.15, 0.2) is 0 Å². The number of aryl methyl sites for hydroxylation is 1. The summed E-state index contributed by atoms with van der Waals surface area (Å²) in [6.07, 6.45) is -0.132. The summed E-state index contributed by atoms with van der Waals surface area (Å²) in [7, 11) is 0. The quantitative estimate of drug-likeness (QED) is 0.140. The van der Waals surface area contributed by atoms with Crippen LogP contribution in [-0.4, -0.2) is 40.4 Å². The molecule has 3 heterocycles. The summed E-state index contributed by atoms with van der Waals surface area (Å²) in [4.78, 5) is 26.1. The first-order valence-electron chi connectivity index (χ1n) is 15.9. The molecule has 0 aliphatic heterocycles. The van der Waals surface area contributed by atoms with E-state index in [1.54, 1.807) is 36.3 Å². The zero-order valence-corrected chi connectivity index (χ0v) is 28.4. The summed E-state index contributed by atoms with van der Waals surface area (Å²) in [5.41, 5.74) is 2.60. The van der Waals surface area contributed by atoms with Gasteiger partial charge in [0.2, 0.25) is 0 Å². The van der Waals surface area contributed by atoms with Gasteiger partial charge in [-0.15, -0.1) is 11.8 Å². The van der Waals surface area contributed by atoms with Gasteiger partial charge in [-0.3, -0.25) is 19.7 Å². The molecular formula is C37H37F3N4O4S. The van der Waals surface area contributed by atoms with Crippen molar-refractivity contribution in [2.75, 3.05) is 0 Å². The summed E-state index contributed by atoms with van der Waals surface area (Å²) in [5.74, 6) is -0.430. The summed E-state index contributed by atoms with van der Waals surface area (Å²) in [5, 5.41) is 23.2. The number of carboxylic acids is 1. The van der Waals surface area contributed by atoms with Crippen LogP contribution in [0, 0.1) is 12.3 Å². The van der Waals surface area contributed by atoms with Gasteiger partial charge in [0, 0.05) is 39.5 Å². The van der Waals surface area contributed by atoms with Crippen LogP contribution >= 0.6 is 11.8 Å². The third-order valence-corrected chi connectivity index (χ3v) is 10.0. The Morgan fingerprint density at radius 1 is 1.00 bits per heavy atom. The zero-order valence-electron chi connectivity index (χ0n) is 27.6. The molecular weight excluding hydrogens is 653 g/mol. The van der Waals surface area contributed by atoms with Crippen molar-refractivity contribution in [1.82, 2.24) is 19.5 Å². The van der Waals surface area contributed by atoms with Crippen LogP contribution in [0.15, 0.2) is 78.1 Å². The molecule has 1 atom stereocenters. The van der Waals surface area contributed by atoms with Crippen LogP contribution < -0.4 is 4.74 Å². The van der Waals surface area contributed by atoms with Crippen molar-refractivity contribution in [3.8, 4) is 17.0 Å². The first-order valence-corrected chi connectivity index (χ1v) is 16.8. The average molecular weight is 691 g/mol. The number of aliphatic hydroxyl groups excluding tert-OH is 1. The lowest BCUT2D eigenvalue weighted by atomic mass is 9.64. The van der Waals surface area contributed by atoms with Gasteiger partial charge in [-0.2, -0.15) is 13.2 Å². The molecule has 1 saturated carbocycles. The highest BCUT2D eigenvalue weighted by Crippen LogP contribution is 2.54. The van der Waals surface area contributed by atoms with Crippen molar-refractivity contribution < 1.29 is 32.9 Å². The van der Waals surface area contributed by atoms with Crippen LogP contribution in [0.4, 0.5) is 13.2 Å². The Labute approximate surface area is 286 Å².